The van der Waals surface area contributed by atoms with Crippen LogP contribution in [-0.2, 0) is 23.1 Å². The molecule has 0 spiro atoms. The zero-order chi connectivity index (χ0) is 15.5. The van der Waals surface area contributed by atoms with Crippen molar-refractivity contribution in [1.29, 1.82) is 0 Å². The molecule has 0 aliphatic heterocycles. The average molecular weight is 346 g/mol. The van der Waals surface area contributed by atoms with Gasteiger partial charge in [0.05, 0.1) is 16.2 Å². The highest BCUT2D eigenvalue weighted by molar-refractivity contribution is 7.89. The van der Waals surface area contributed by atoms with E-state index in [9.17, 15) is 8.42 Å². The Balaban J connectivity index is 2.22. The lowest BCUT2D eigenvalue weighted by Crippen LogP contribution is -2.23. The Morgan fingerprint density at radius 2 is 2.10 bits per heavy atom. The van der Waals surface area contributed by atoms with Gasteiger partial charge in [0.25, 0.3) is 0 Å². The molecule has 21 heavy (non-hydrogen) atoms. The fraction of sp³-hybridized carbons (Fsp3) is 0.308. The molecule has 1 heterocycles. The van der Waals surface area contributed by atoms with Crippen molar-refractivity contribution >= 4 is 33.0 Å². The van der Waals surface area contributed by atoms with Crippen LogP contribution >= 0.6 is 22.9 Å². The molecule has 114 valence electrons. The highest BCUT2D eigenvalue weighted by atomic mass is 35.5. The molecule has 5 nitrogen and oxygen atoms in total. The van der Waals surface area contributed by atoms with E-state index in [2.05, 4.69) is 15.0 Å². The molecule has 0 saturated heterocycles. The second-order valence-corrected chi connectivity index (χ2v) is 7.56. The van der Waals surface area contributed by atoms with Crippen LogP contribution in [0.5, 0.6) is 0 Å². The highest BCUT2D eigenvalue weighted by Crippen LogP contribution is 2.23. The van der Waals surface area contributed by atoms with E-state index in [0.717, 1.165) is 16.1 Å². The number of benzene rings is 1. The molecule has 0 aliphatic carbocycles. The number of sulfonamides is 1. The normalized spacial score (nSPS) is 11.8. The van der Waals surface area contributed by atoms with Gasteiger partial charge in [0.2, 0.25) is 10.0 Å². The summed E-state index contributed by atoms with van der Waals surface area (Å²) in [5, 5.41) is 3.19. The summed E-state index contributed by atoms with van der Waals surface area (Å²) in [7, 11) is -1.86. The molecular weight excluding hydrogens is 330 g/mol. The van der Waals surface area contributed by atoms with E-state index < -0.39 is 10.0 Å². The van der Waals surface area contributed by atoms with Gasteiger partial charge < -0.3 is 5.32 Å². The zero-order valence-electron chi connectivity index (χ0n) is 11.7. The number of aryl methyl sites for hydroxylation is 1. The number of aromatic nitrogens is 1. The van der Waals surface area contributed by atoms with Gasteiger partial charge in [-0.15, -0.1) is 11.3 Å². The van der Waals surface area contributed by atoms with Crippen LogP contribution in [0.15, 0.2) is 28.6 Å². The summed E-state index contributed by atoms with van der Waals surface area (Å²) in [5.74, 6) is 0. The third kappa shape index (κ3) is 4.02. The Labute approximate surface area is 133 Å². The van der Waals surface area contributed by atoms with Crippen LogP contribution in [0, 0.1) is 6.92 Å². The molecule has 0 atom stereocenters. The Hall–Kier alpha value is -0.990. The van der Waals surface area contributed by atoms with Crippen LogP contribution in [0.2, 0.25) is 5.02 Å². The summed E-state index contributed by atoms with van der Waals surface area (Å²) in [6, 6.07) is 4.98. The first-order valence-corrected chi connectivity index (χ1v) is 9.00. The molecule has 0 fully saturated rings. The van der Waals surface area contributed by atoms with Gasteiger partial charge in [-0.25, -0.2) is 18.1 Å². The minimum absolute atomic E-state index is 0.0964. The number of hydrogen-bond acceptors (Lipinski definition) is 5. The topological polar surface area (TPSA) is 71.1 Å². The SMILES string of the molecule is CNCc1ccc(Cl)c(S(=O)(=O)NCc2scnc2C)c1. The second-order valence-electron chi connectivity index (χ2n) is 4.48. The third-order valence-corrected chi connectivity index (χ3v) is 5.75. The molecule has 0 saturated carbocycles. The predicted molar refractivity (Wildman–Crippen MR) is 85.1 cm³/mol. The lowest BCUT2D eigenvalue weighted by Gasteiger charge is -2.10. The van der Waals surface area contributed by atoms with Crippen LogP contribution in [0.3, 0.4) is 0 Å². The standard InChI is InChI=1S/C13H16ClN3O2S2/c1-9-12(20-8-16-9)7-17-21(18,19)13-5-10(6-15-2)3-4-11(13)14/h3-5,8,15,17H,6-7H2,1-2H3. The maximum atomic E-state index is 12.4. The monoisotopic (exact) mass is 345 g/mol. The number of rotatable bonds is 6. The van der Waals surface area contributed by atoms with Crippen molar-refractivity contribution in [2.24, 2.45) is 0 Å². The maximum absolute atomic E-state index is 12.4. The zero-order valence-corrected chi connectivity index (χ0v) is 14.1. The predicted octanol–water partition coefficient (Wildman–Crippen LogP) is 2.30. The molecule has 2 rings (SSSR count). The van der Waals surface area contributed by atoms with E-state index >= 15 is 0 Å². The molecule has 0 bridgehead atoms. The molecule has 2 N–H and O–H groups in total. The van der Waals surface area contributed by atoms with Crippen molar-refractivity contribution in [3.63, 3.8) is 0 Å². The Bertz CT molecular complexity index is 729. The van der Waals surface area contributed by atoms with Gasteiger partial charge in [-0.1, -0.05) is 17.7 Å². The van der Waals surface area contributed by atoms with Crippen LogP contribution in [0.25, 0.3) is 0 Å². The number of nitrogens with zero attached hydrogens (tertiary/aromatic N) is 1. The fourth-order valence-electron chi connectivity index (χ4n) is 1.80. The lowest BCUT2D eigenvalue weighted by molar-refractivity contribution is 0.581. The van der Waals surface area contributed by atoms with E-state index in [4.69, 9.17) is 11.6 Å². The molecule has 0 amide bonds. The Morgan fingerprint density at radius 1 is 1.33 bits per heavy atom. The van der Waals surface area contributed by atoms with E-state index in [1.54, 1.807) is 30.8 Å². The van der Waals surface area contributed by atoms with E-state index in [-0.39, 0.29) is 16.5 Å². The fourth-order valence-corrected chi connectivity index (χ4v) is 4.15. The summed E-state index contributed by atoms with van der Waals surface area (Å²) in [6.07, 6.45) is 0. The first kappa shape index (κ1) is 16.4. The van der Waals surface area contributed by atoms with Gasteiger partial charge in [-0.3, -0.25) is 0 Å². The summed E-state index contributed by atoms with van der Waals surface area (Å²) < 4.78 is 27.3. The lowest BCUT2D eigenvalue weighted by atomic mass is 10.2. The quantitative estimate of drug-likeness (QED) is 0.842. The van der Waals surface area contributed by atoms with Gasteiger partial charge in [0, 0.05) is 18.0 Å². The van der Waals surface area contributed by atoms with Crippen molar-refractivity contribution in [2.45, 2.75) is 24.9 Å². The van der Waals surface area contributed by atoms with Gasteiger partial charge in [0.15, 0.2) is 0 Å². The maximum Gasteiger partial charge on any atom is 0.242 e. The first-order valence-electron chi connectivity index (χ1n) is 6.25. The van der Waals surface area contributed by atoms with Gasteiger partial charge in [0.1, 0.15) is 4.90 Å². The first-order chi connectivity index (χ1) is 9.94. The third-order valence-electron chi connectivity index (χ3n) is 2.93. The minimum atomic E-state index is -3.66. The summed E-state index contributed by atoms with van der Waals surface area (Å²) in [5.41, 5.74) is 3.38. The van der Waals surface area contributed by atoms with Crippen molar-refractivity contribution in [3.8, 4) is 0 Å². The van der Waals surface area contributed by atoms with Gasteiger partial charge in [-0.2, -0.15) is 0 Å². The van der Waals surface area contributed by atoms with Crippen LogP contribution < -0.4 is 10.0 Å². The highest BCUT2D eigenvalue weighted by Gasteiger charge is 2.19. The molecular formula is C13H16ClN3O2S2. The molecule has 0 unspecified atom stereocenters. The molecule has 1 aromatic heterocycles. The van der Waals surface area contributed by atoms with Crippen molar-refractivity contribution in [1.82, 2.24) is 15.0 Å². The molecule has 0 radical (unpaired) electrons. The summed E-state index contributed by atoms with van der Waals surface area (Å²) >= 11 is 7.44. The molecule has 8 heteroatoms. The van der Waals surface area contributed by atoms with Gasteiger partial charge >= 0.3 is 0 Å². The van der Waals surface area contributed by atoms with E-state index in [1.807, 2.05) is 6.92 Å². The Kier molecular flexibility index (Phi) is 5.34. The van der Waals surface area contributed by atoms with Crippen LogP contribution in [-0.4, -0.2) is 20.4 Å². The number of thiazole rings is 1. The molecule has 2 aromatic rings. The average Bonchev–Trinajstić information content (AvgIpc) is 2.84. The Morgan fingerprint density at radius 3 is 2.71 bits per heavy atom. The van der Waals surface area contributed by atoms with E-state index in [0.29, 0.717) is 6.54 Å². The molecule has 1 aromatic carbocycles. The smallest absolute Gasteiger partial charge is 0.242 e. The second kappa shape index (κ2) is 6.85. The van der Waals surface area contributed by atoms with Crippen molar-refractivity contribution < 1.29 is 8.42 Å². The van der Waals surface area contributed by atoms with E-state index in [1.165, 1.54) is 11.3 Å². The number of halogens is 1. The van der Waals surface area contributed by atoms with Crippen LogP contribution in [0.4, 0.5) is 0 Å². The molecule has 0 aliphatic rings. The number of nitrogens with one attached hydrogen (secondary N) is 2. The summed E-state index contributed by atoms with van der Waals surface area (Å²) in [6.45, 7) is 2.64. The van der Waals surface area contributed by atoms with Gasteiger partial charge in [-0.05, 0) is 31.7 Å². The van der Waals surface area contributed by atoms with Crippen LogP contribution in [0.1, 0.15) is 16.1 Å². The summed E-state index contributed by atoms with van der Waals surface area (Å²) in [4.78, 5) is 5.08. The minimum Gasteiger partial charge on any atom is -0.316 e. The van der Waals surface area contributed by atoms with Crippen molar-refractivity contribution in [2.75, 3.05) is 7.05 Å². The van der Waals surface area contributed by atoms with Crippen molar-refractivity contribution in [3.05, 3.63) is 44.9 Å². The number of hydrogen-bond donors (Lipinski definition) is 2. The largest absolute Gasteiger partial charge is 0.316 e.